The summed E-state index contributed by atoms with van der Waals surface area (Å²) < 4.78 is 0. The van der Waals surface area contributed by atoms with E-state index in [0.717, 1.165) is 12.8 Å². The monoisotopic (exact) mass is 266 g/mol. The summed E-state index contributed by atoms with van der Waals surface area (Å²) in [4.78, 5) is 0. The van der Waals surface area contributed by atoms with Gasteiger partial charge >= 0.3 is 0 Å². The maximum Gasteiger partial charge on any atom is 0.108 e. The van der Waals surface area contributed by atoms with E-state index in [0.29, 0.717) is 0 Å². The van der Waals surface area contributed by atoms with Crippen molar-refractivity contribution in [2.24, 2.45) is 0 Å². The first-order chi connectivity index (χ1) is 9.86. The van der Waals surface area contributed by atoms with Gasteiger partial charge in [0.1, 0.15) is 5.66 Å². The molecule has 2 N–H and O–H groups in total. The van der Waals surface area contributed by atoms with Gasteiger partial charge < -0.3 is 10.6 Å². The van der Waals surface area contributed by atoms with Crippen LogP contribution in [-0.2, 0) is 0 Å². The third-order valence-electron chi connectivity index (χ3n) is 4.02. The Hall–Kier alpha value is -1.96. The average Bonchev–Trinajstić information content (AvgIpc) is 2.50. The van der Waals surface area contributed by atoms with Crippen LogP contribution >= 0.6 is 0 Å². The van der Waals surface area contributed by atoms with Gasteiger partial charge in [0, 0.05) is 11.4 Å². The maximum absolute atomic E-state index is 3.73. The Balaban J connectivity index is 1.81. The first kappa shape index (κ1) is 13.0. The maximum atomic E-state index is 3.73. The van der Waals surface area contributed by atoms with Gasteiger partial charge in [-0.1, -0.05) is 42.8 Å². The number of anilines is 2. The van der Waals surface area contributed by atoms with E-state index >= 15 is 0 Å². The topological polar surface area (TPSA) is 24.1 Å². The second kappa shape index (κ2) is 6.00. The summed E-state index contributed by atoms with van der Waals surface area (Å²) in [6, 6.07) is 21.0. The van der Waals surface area contributed by atoms with Gasteiger partial charge in [0.05, 0.1) is 0 Å². The molecule has 0 atom stereocenters. The number of hydrogen-bond donors (Lipinski definition) is 2. The minimum atomic E-state index is -0.0129. The Kier molecular flexibility index (Phi) is 3.91. The predicted octanol–water partition coefficient (Wildman–Crippen LogP) is 4.87. The van der Waals surface area contributed by atoms with Gasteiger partial charge in [-0.25, -0.2) is 0 Å². The first-order valence-corrected chi connectivity index (χ1v) is 7.53. The van der Waals surface area contributed by atoms with Crippen LogP contribution in [0.1, 0.15) is 32.1 Å². The van der Waals surface area contributed by atoms with Crippen molar-refractivity contribution in [1.82, 2.24) is 0 Å². The largest absolute Gasteiger partial charge is 0.363 e. The molecule has 0 saturated heterocycles. The third kappa shape index (κ3) is 3.13. The highest BCUT2D eigenvalue weighted by molar-refractivity contribution is 5.52. The fraction of sp³-hybridized carbons (Fsp3) is 0.333. The molecule has 0 aliphatic heterocycles. The number of nitrogens with one attached hydrogen (secondary N) is 2. The third-order valence-corrected chi connectivity index (χ3v) is 4.02. The fourth-order valence-corrected chi connectivity index (χ4v) is 3.03. The molecule has 1 fully saturated rings. The zero-order valence-electron chi connectivity index (χ0n) is 11.8. The van der Waals surface area contributed by atoms with Crippen molar-refractivity contribution in [1.29, 1.82) is 0 Å². The lowest BCUT2D eigenvalue weighted by Gasteiger charge is -2.40. The zero-order valence-corrected chi connectivity index (χ0v) is 11.8. The summed E-state index contributed by atoms with van der Waals surface area (Å²) in [6.45, 7) is 0. The molecule has 0 spiro atoms. The van der Waals surface area contributed by atoms with Crippen molar-refractivity contribution in [3.63, 3.8) is 0 Å². The number of hydrogen-bond acceptors (Lipinski definition) is 2. The van der Waals surface area contributed by atoms with E-state index in [2.05, 4.69) is 71.3 Å². The standard InChI is InChI=1S/C18H22N2/c1-4-10-16(11-5-1)19-18(14-8-3-9-15-18)20-17-12-6-2-7-13-17/h1-2,4-7,10-13,19-20H,3,8-9,14-15H2. The molecule has 0 heterocycles. The van der Waals surface area contributed by atoms with E-state index in [-0.39, 0.29) is 5.66 Å². The Morgan fingerprint density at radius 3 is 1.50 bits per heavy atom. The predicted molar refractivity (Wildman–Crippen MR) is 85.9 cm³/mol. The molecule has 0 radical (unpaired) electrons. The number of para-hydroxylation sites is 2. The highest BCUT2D eigenvalue weighted by atomic mass is 15.2. The molecule has 2 heteroatoms. The molecule has 2 aromatic rings. The van der Waals surface area contributed by atoms with Crippen molar-refractivity contribution in [2.45, 2.75) is 37.8 Å². The first-order valence-electron chi connectivity index (χ1n) is 7.53. The van der Waals surface area contributed by atoms with Crippen molar-refractivity contribution in [2.75, 3.05) is 10.6 Å². The summed E-state index contributed by atoms with van der Waals surface area (Å²) in [5.41, 5.74) is 2.37. The van der Waals surface area contributed by atoms with Crippen molar-refractivity contribution in [3.8, 4) is 0 Å². The second-order valence-electron chi connectivity index (χ2n) is 5.62. The molecular weight excluding hydrogens is 244 g/mol. The van der Waals surface area contributed by atoms with Gasteiger partial charge in [0.25, 0.3) is 0 Å². The van der Waals surface area contributed by atoms with Gasteiger partial charge in [-0.3, -0.25) is 0 Å². The summed E-state index contributed by atoms with van der Waals surface area (Å²) >= 11 is 0. The molecule has 2 nitrogen and oxygen atoms in total. The molecule has 0 bridgehead atoms. The smallest absolute Gasteiger partial charge is 0.108 e. The number of benzene rings is 2. The summed E-state index contributed by atoms with van der Waals surface area (Å²) in [5.74, 6) is 0. The molecular formula is C18H22N2. The Morgan fingerprint density at radius 1 is 0.600 bits per heavy atom. The van der Waals surface area contributed by atoms with Crippen molar-refractivity contribution < 1.29 is 0 Å². The summed E-state index contributed by atoms with van der Waals surface area (Å²) in [6.07, 6.45) is 6.22. The van der Waals surface area contributed by atoms with Gasteiger partial charge in [0.2, 0.25) is 0 Å². The van der Waals surface area contributed by atoms with E-state index in [9.17, 15) is 0 Å². The van der Waals surface area contributed by atoms with Crippen molar-refractivity contribution >= 4 is 11.4 Å². The molecule has 104 valence electrons. The average molecular weight is 266 g/mol. The van der Waals surface area contributed by atoms with Crippen LogP contribution in [0.15, 0.2) is 60.7 Å². The Morgan fingerprint density at radius 2 is 1.05 bits per heavy atom. The minimum absolute atomic E-state index is 0.0129. The van der Waals surface area contributed by atoms with E-state index in [1.807, 2.05) is 0 Å². The normalized spacial score (nSPS) is 17.4. The molecule has 0 amide bonds. The van der Waals surface area contributed by atoms with E-state index < -0.39 is 0 Å². The fourth-order valence-electron chi connectivity index (χ4n) is 3.03. The zero-order chi connectivity index (χ0) is 13.7. The minimum Gasteiger partial charge on any atom is -0.363 e. The molecule has 2 aromatic carbocycles. The quantitative estimate of drug-likeness (QED) is 0.771. The molecule has 0 aromatic heterocycles. The van der Waals surface area contributed by atoms with Crippen LogP contribution in [0.5, 0.6) is 0 Å². The highest BCUT2D eigenvalue weighted by Gasteiger charge is 2.31. The molecule has 0 unspecified atom stereocenters. The lowest BCUT2D eigenvalue weighted by Crippen LogP contribution is -2.47. The van der Waals surface area contributed by atoms with Crippen LogP contribution in [-0.4, -0.2) is 5.66 Å². The molecule has 1 aliphatic rings. The van der Waals surface area contributed by atoms with E-state index in [1.165, 1.54) is 30.6 Å². The molecule has 3 rings (SSSR count). The lowest BCUT2D eigenvalue weighted by molar-refractivity contribution is 0.359. The van der Waals surface area contributed by atoms with Crippen LogP contribution in [0.3, 0.4) is 0 Å². The summed E-state index contributed by atoms with van der Waals surface area (Å²) in [5, 5.41) is 7.46. The van der Waals surface area contributed by atoms with E-state index in [4.69, 9.17) is 0 Å². The van der Waals surface area contributed by atoms with Gasteiger partial charge in [-0.15, -0.1) is 0 Å². The van der Waals surface area contributed by atoms with Crippen LogP contribution in [0, 0.1) is 0 Å². The Labute approximate surface area is 121 Å². The van der Waals surface area contributed by atoms with E-state index in [1.54, 1.807) is 0 Å². The molecule has 1 aliphatic carbocycles. The Bertz CT molecular complexity index is 472. The highest BCUT2D eigenvalue weighted by Crippen LogP contribution is 2.32. The van der Waals surface area contributed by atoms with Crippen LogP contribution < -0.4 is 10.6 Å². The SMILES string of the molecule is c1ccc(NC2(Nc3ccccc3)CCCCC2)cc1. The van der Waals surface area contributed by atoms with Gasteiger partial charge in [-0.2, -0.15) is 0 Å². The van der Waals surface area contributed by atoms with Crippen molar-refractivity contribution in [3.05, 3.63) is 60.7 Å². The van der Waals surface area contributed by atoms with Crippen LogP contribution in [0.25, 0.3) is 0 Å². The summed E-state index contributed by atoms with van der Waals surface area (Å²) in [7, 11) is 0. The molecule has 1 saturated carbocycles. The number of rotatable bonds is 4. The second-order valence-corrected chi connectivity index (χ2v) is 5.62. The lowest BCUT2D eigenvalue weighted by atomic mass is 9.88. The molecule has 20 heavy (non-hydrogen) atoms. The van der Waals surface area contributed by atoms with Crippen LogP contribution in [0.2, 0.25) is 0 Å². The van der Waals surface area contributed by atoms with Crippen LogP contribution in [0.4, 0.5) is 11.4 Å². The van der Waals surface area contributed by atoms with Gasteiger partial charge in [-0.05, 0) is 49.9 Å². The van der Waals surface area contributed by atoms with Gasteiger partial charge in [0.15, 0.2) is 0 Å².